The number of nitrogens with one attached hydrogen (secondary N) is 1. The fourth-order valence-electron chi connectivity index (χ4n) is 2.55. The van der Waals surface area contributed by atoms with Crippen LogP contribution >= 0.6 is 11.3 Å². The van der Waals surface area contributed by atoms with Gasteiger partial charge >= 0.3 is 0 Å². The molecule has 5 nitrogen and oxygen atoms in total. The van der Waals surface area contributed by atoms with E-state index in [4.69, 9.17) is 5.73 Å². The largest absolute Gasteiger partial charge is 0.354 e. The second-order valence-corrected chi connectivity index (χ2v) is 6.44. The van der Waals surface area contributed by atoms with Gasteiger partial charge in [-0.2, -0.15) is 0 Å². The molecule has 7 heteroatoms. The number of aromatic nitrogens is 2. The van der Waals surface area contributed by atoms with E-state index in [0.717, 1.165) is 16.0 Å². The summed E-state index contributed by atoms with van der Waals surface area (Å²) in [6.07, 6.45) is 0. The van der Waals surface area contributed by atoms with Crippen molar-refractivity contribution in [1.29, 1.82) is 0 Å². The van der Waals surface area contributed by atoms with Crippen LogP contribution in [0.5, 0.6) is 0 Å². The number of rotatable bonds is 4. The van der Waals surface area contributed by atoms with E-state index in [1.807, 2.05) is 6.92 Å². The molecule has 0 radical (unpaired) electrons. The number of anilines is 1. The average molecular weight is 332 g/mol. The third-order valence-electron chi connectivity index (χ3n) is 3.67. The summed E-state index contributed by atoms with van der Waals surface area (Å²) < 4.78 is 14.6. The second kappa shape index (κ2) is 6.10. The van der Waals surface area contributed by atoms with Gasteiger partial charge in [0.25, 0.3) is 5.56 Å². The van der Waals surface area contributed by atoms with E-state index in [0.29, 0.717) is 29.3 Å². The summed E-state index contributed by atoms with van der Waals surface area (Å²) in [5.41, 5.74) is 7.00. The molecule has 120 valence electrons. The van der Waals surface area contributed by atoms with Gasteiger partial charge in [0.15, 0.2) is 0 Å². The summed E-state index contributed by atoms with van der Waals surface area (Å²) in [6.45, 7) is 2.94. The Bertz CT molecular complexity index is 914. The highest BCUT2D eigenvalue weighted by atomic mass is 32.1. The minimum atomic E-state index is -0.301. The first-order chi connectivity index (χ1) is 11.0. The van der Waals surface area contributed by atoms with Crippen molar-refractivity contribution in [3.05, 3.63) is 45.3 Å². The summed E-state index contributed by atoms with van der Waals surface area (Å²) in [4.78, 5) is 19.0. The molecule has 3 N–H and O–H groups in total. The first-order valence-corrected chi connectivity index (χ1v) is 8.04. The normalized spacial score (nSPS) is 11.1. The Morgan fingerprint density at radius 3 is 2.70 bits per heavy atom. The van der Waals surface area contributed by atoms with E-state index in [2.05, 4.69) is 10.3 Å². The molecule has 0 amide bonds. The molecule has 0 spiro atoms. The minimum Gasteiger partial charge on any atom is -0.354 e. The maximum atomic E-state index is 13.2. The molecule has 1 aromatic carbocycles. The van der Waals surface area contributed by atoms with E-state index in [1.54, 1.807) is 19.2 Å². The predicted octanol–water partition coefficient (Wildman–Crippen LogP) is 2.48. The number of nitrogens with zero attached hydrogens (tertiary/aromatic N) is 2. The van der Waals surface area contributed by atoms with Crippen LogP contribution in [0.1, 0.15) is 4.88 Å². The summed E-state index contributed by atoms with van der Waals surface area (Å²) in [5.74, 6) is 0.199. The zero-order valence-electron chi connectivity index (χ0n) is 12.9. The molecule has 2 heterocycles. The summed E-state index contributed by atoms with van der Waals surface area (Å²) >= 11 is 1.46. The molecular formula is C16H17FN4OS. The molecule has 0 aliphatic heterocycles. The smallest absolute Gasteiger partial charge is 0.264 e. The minimum absolute atomic E-state index is 0.127. The molecule has 0 saturated carbocycles. The molecular weight excluding hydrogens is 315 g/mol. The molecule has 3 aromatic rings. The maximum Gasteiger partial charge on any atom is 0.264 e. The van der Waals surface area contributed by atoms with Crippen molar-refractivity contribution in [2.24, 2.45) is 12.8 Å². The van der Waals surface area contributed by atoms with Gasteiger partial charge in [0.05, 0.1) is 5.39 Å². The third-order valence-corrected chi connectivity index (χ3v) is 4.67. The van der Waals surface area contributed by atoms with E-state index in [-0.39, 0.29) is 11.4 Å². The molecule has 0 atom stereocenters. The van der Waals surface area contributed by atoms with Crippen LogP contribution in [-0.4, -0.2) is 22.6 Å². The average Bonchev–Trinajstić information content (AvgIpc) is 2.86. The molecule has 2 aromatic heterocycles. The molecule has 0 fully saturated rings. The number of hydrogen-bond donors (Lipinski definition) is 2. The van der Waals surface area contributed by atoms with Gasteiger partial charge in [-0.25, -0.2) is 9.37 Å². The van der Waals surface area contributed by atoms with Gasteiger partial charge in [-0.05, 0) is 24.6 Å². The molecule has 0 saturated heterocycles. The van der Waals surface area contributed by atoms with E-state index in [1.165, 1.54) is 28.0 Å². The lowest BCUT2D eigenvalue weighted by molar-refractivity contribution is 0.628. The van der Waals surface area contributed by atoms with Gasteiger partial charge in [-0.15, -0.1) is 11.3 Å². The predicted molar refractivity (Wildman–Crippen MR) is 92.5 cm³/mol. The number of aryl methyl sites for hydroxylation is 1. The first-order valence-electron chi connectivity index (χ1n) is 7.23. The molecule has 0 aliphatic rings. The van der Waals surface area contributed by atoms with Crippen LogP contribution in [0.25, 0.3) is 21.3 Å². The van der Waals surface area contributed by atoms with Crippen molar-refractivity contribution < 1.29 is 4.39 Å². The van der Waals surface area contributed by atoms with E-state index in [9.17, 15) is 9.18 Å². The zero-order valence-corrected chi connectivity index (χ0v) is 13.7. The van der Waals surface area contributed by atoms with Gasteiger partial charge in [0.1, 0.15) is 10.6 Å². The molecule has 0 aliphatic carbocycles. The van der Waals surface area contributed by atoms with Gasteiger partial charge in [-0.3, -0.25) is 9.36 Å². The Morgan fingerprint density at radius 1 is 1.35 bits per heavy atom. The Kier molecular flexibility index (Phi) is 4.14. The lowest BCUT2D eigenvalue weighted by atomic mass is 10.0. The fourth-order valence-corrected chi connectivity index (χ4v) is 3.58. The Morgan fingerprint density at radius 2 is 2.04 bits per heavy atom. The van der Waals surface area contributed by atoms with Crippen molar-refractivity contribution in [2.45, 2.75) is 6.92 Å². The molecule has 23 heavy (non-hydrogen) atoms. The van der Waals surface area contributed by atoms with Crippen LogP contribution in [-0.2, 0) is 7.05 Å². The number of hydrogen-bond acceptors (Lipinski definition) is 5. The number of fused-ring (bicyclic) bond motifs is 1. The van der Waals surface area contributed by atoms with Crippen LogP contribution < -0.4 is 16.6 Å². The number of benzene rings is 1. The number of halogens is 1. The highest BCUT2D eigenvalue weighted by Gasteiger charge is 2.18. The highest BCUT2D eigenvalue weighted by Crippen LogP contribution is 2.36. The van der Waals surface area contributed by atoms with Gasteiger partial charge < -0.3 is 11.1 Å². The van der Waals surface area contributed by atoms with Crippen LogP contribution in [0.3, 0.4) is 0 Å². The van der Waals surface area contributed by atoms with Gasteiger partial charge in [0, 0.05) is 30.6 Å². The van der Waals surface area contributed by atoms with Gasteiger partial charge in [0.2, 0.25) is 5.95 Å². The Balaban J connectivity index is 2.24. The van der Waals surface area contributed by atoms with Crippen LogP contribution in [0.15, 0.2) is 29.1 Å². The van der Waals surface area contributed by atoms with Crippen molar-refractivity contribution >= 4 is 27.5 Å². The SMILES string of the molecule is Cc1sc2nc(NCCN)n(C)c(=O)c2c1-c1ccc(F)cc1. The molecule has 3 rings (SSSR count). The van der Waals surface area contributed by atoms with E-state index < -0.39 is 0 Å². The number of nitrogens with two attached hydrogens (primary N) is 1. The van der Waals surface area contributed by atoms with Crippen LogP contribution in [0.2, 0.25) is 0 Å². The maximum absolute atomic E-state index is 13.2. The highest BCUT2D eigenvalue weighted by molar-refractivity contribution is 7.19. The molecule has 0 unspecified atom stereocenters. The third kappa shape index (κ3) is 2.73. The Hall–Kier alpha value is -2.25. The zero-order chi connectivity index (χ0) is 16.6. The van der Waals surface area contributed by atoms with E-state index >= 15 is 0 Å². The second-order valence-electron chi connectivity index (χ2n) is 5.24. The van der Waals surface area contributed by atoms with Crippen molar-refractivity contribution in [2.75, 3.05) is 18.4 Å². The quantitative estimate of drug-likeness (QED) is 0.770. The Labute approximate surface area is 136 Å². The molecule has 0 bridgehead atoms. The van der Waals surface area contributed by atoms with Crippen molar-refractivity contribution in [3.63, 3.8) is 0 Å². The van der Waals surface area contributed by atoms with Crippen molar-refractivity contribution in [3.8, 4) is 11.1 Å². The lowest BCUT2D eigenvalue weighted by Gasteiger charge is -2.09. The monoisotopic (exact) mass is 332 g/mol. The standard InChI is InChI=1S/C16H17FN4OS/c1-9-12(10-3-5-11(17)6-4-10)13-14(23-9)20-16(19-8-7-18)21(2)15(13)22/h3-6H,7-8,18H2,1-2H3,(H,19,20). The number of thiophene rings is 1. The fraction of sp³-hybridized carbons (Fsp3) is 0.250. The van der Waals surface area contributed by atoms with Crippen molar-refractivity contribution in [1.82, 2.24) is 9.55 Å². The lowest BCUT2D eigenvalue weighted by Crippen LogP contribution is -2.24. The first kappa shape index (κ1) is 15.6. The topological polar surface area (TPSA) is 72.9 Å². The van der Waals surface area contributed by atoms with Gasteiger partial charge in [-0.1, -0.05) is 12.1 Å². The van der Waals surface area contributed by atoms with Crippen LogP contribution in [0.4, 0.5) is 10.3 Å². The van der Waals surface area contributed by atoms with Crippen LogP contribution in [0, 0.1) is 12.7 Å². The summed E-state index contributed by atoms with van der Waals surface area (Å²) in [6, 6.07) is 6.16. The summed E-state index contributed by atoms with van der Waals surface area (Å²) in [7, 11) is 1.68. The summed E-state index contributed by atoms with van der Waals surface area (Å²) in [5, 5.41) is 3.62.